The first-order valence-electron chi connectivity index (χ1n) is 4.00. The molecule has 0 aliphatic carbocycles. The standard InChI is InChI=1S/C5H13NO8P2.CH4/c1-5(15(9,10)11,16(12,13)14)6-3-2-4(7)8;/h6H,2-3H2,1H3,(H,7,8)(H2,9,10,11)(H2,12,13,14);1H4. The van der Waals surface area contributed by atoms with Gasteiger partial charge in [0.2, 0.25) is 5.02 Å². The molecule has 0 heterocycles. The van der Waals surface area contributed by atoms with Crippen LogP contribution in [0.2, 0.25) is 0 Å². The van der Waals surface area contributed by atoms with Crippen molar-refractivity contribution in [1.29, 1.82) is 0 Å². The molecule has 0 bridgehead atoms. The first-order chi connectivity index (χ1) is 6.92. The summed E-state index contributed by atoms with van der Waals surface area (Å²) < 4.78 is 21.9. The number of carboxylic acids is 1. The van der Waals surface area contributed by atoms with Gasteiger partial charge in [-0.25, -0.2) is 0 Å². The van der Waals surface area contributed by atoms with Gasteiger partial charge in [0.25, 0.3) is 0 Å². The van der Waals surface area contributed by atoms with Gasteiger partial charge in [0.1, 0.15) is 0 Å². The number of carbonyl (C=O) groups is 1. The van der Waals surface area contributed by atoms with Crippen molar-refractivity contribution < 1.29 is 38.6 Å². The predicted octanol–water partition coefficient (Wildman–Crippen LogP) is -0.284. The number of nitrogens with one attached hydrogen (secondary N) is 1. The van der Waals surface area contributed by atoms with Crippen molar-refractivity contribution in [3.63, 3.8) is 0 Å². The predicted molar refractivity (Wildman–Crippen MR) is 59.5 cm³/mol. The number of hydrogen-bond donors (Lipinski definition) is 6. The highest BCUT2D eigenvalue weighted by Crippen LogP contribution is 2.66. The average Bonchev–Trinajstić information content (AvgIpc) is 1.98. The van der Waals surface area contributed by atoms with Crippen LogP contribution in [0.3, 0.4) is 0 Å². The quantitative estimate of drug-likeness (QED) is 0.361. The van der Waals surface area contributed by atoms with E-state index in [1.807, 2.05) is 5.32 Å². The minimum absolute atomic E-state index is 0. The fourth-order valence-corrected chi connectivity index (χ4v) is 2.78. The topological polar surface area (TPSA) is 164 Å². The Bertz CT molecular complexity index is 335. The first-order valence-corrected chi connectivity index (χ1v) is 7.22. The number of aliphatic carboxylic acids is 1. The summed E-state index contributed by atoms with van der Waals surface area (Å²) in [4.78, 5) is 45.5. The Hall–Kier alpha value is -0.270. The van der Waals surface area contributed by atoms with Gasteiger partial charge in [-0.05, 0) is 6.92 Å². The maximum Gasteiger partial charge on any atom is 0.357 e. The largest absolute Gasteiger partial charge is 0.481 e. The Balaban J connectivity index is 0. The summed E-state index contributed by atoms with van der Waals surface area (Å²) in [6.45, 7) is 0.179. The molecule has 0 unspecified atom stereocenters. The molecule has 0 fully saturated rings. The van der Waals surface area contributed by atoms with Crippen molar-refractivity contribution in [3.05, 3.63) is 0 Å². The van der Waals surface area contributed by atoms with Crippen molar-refractivity contribution in [2.45, 2.75) is 25.8 Å². The van der Waals surface area contributed by atoms with Crippen molar-refractivity contribution in [1.82, 2.24) is 5.32 Å². The zero-order chi connectivity index (χ0) is 13.2. The van der Waals surface area contributed by atoms with Crippen LogP contribution in [0.15, 0.2) is 0 Å². The molecule has 17 heavy (non-hydrogen) atoms. The van der Waals surface area contributed by atoms with E-state index in [-0.39, 0.29) is 7.43 Å². The van der Waals surface area contributed by atoms with E-state index in [9.17, 15) is 13.9 Å². The summed E-state index contributed by atoms with van der Waals surface area (Å²) in [5, 5.41) is 7.42. The molecule has 0 radical (unpaired) electrons. The van der Waals surface area contributed by atoms with Crippen LogP contribution in [0.1, 0.15) is 20.8 Å². The molecule has 0 spiro atoms. The van der Waals surface area contributed by atoms with E-state index in [0.29, 0.717) is 6.92 Å². The highest BCUT2D eigenvalue weighted by atomic mass is 31.2. The smallest absolute Gasteiger partial charge is 0.357 e. The molecular formula is C6H17NO8P2. The maximum atomic E-state index is 11.0. The van der Waals surface area contributed by atoms with Crippen LogP contribution in [-0.4, -0.2) is 42.2 Å². The average molecular weight is 293 g/mol. The van der Waals surface area contributed by atoms with Gasteiger partial charge < -0.3 is 24.7 Å². The van der Waals surface area contributed by atoms with E-state index in [2.05, 4.69) is 0 Å². The molecule has 6 N–H and O–H groups in total. The second-order valence-corrected chi connectivity index (χ2v) is 7.50. The third kappa shape index (κ3) is 4.85. The molecule has 0 saturated carbocycles. The van der Waals surface area contributed by atoms with Crippen LogP contribution in [0.4, 0.5) is 0 Å². The second kappa shape index (κ2) is 6.06. The Morgan fingerprint density at radius 2 is 1.53 bits per heavy atom. The van der Waals surface area contributed by atoms with Gasteiger partial charge in [0.05, 0.1) is 6.42 Å². The van der Waals surface area contributed by atoms with Crippen molar-refractivity contribution in [3.8, 4) is 0 Å². The normalized spacial score (nSPS) is 13.0. The molecular weight excluding hydrogens is 276 g/mol. The van der Waals surface area contributed by atoms with E-state index >= 15 is 0 Å². The van der Waals surface area contributed by atoms with Gasteiger partial charge in [-0.1, -0.05) is 7.43 Å². The Morgan fingerprint density at radius 1 is 1.18 bits per heavy atom. The summed E-state index contributed by atoms with van der Waals surface area (Å²) in [6, 6.07) is 0. The molecule has 0 rings (SSSR count). The Morgan fingerprint density at radius 3 is 1.76 bits per heavy atom. The van der Waals surface area contributed by atoms with E-state index < -0.39 is 39.1 Å². The van der Waals surface area contributed by atoms with Gasteiger partial charge in [-0.15, -0.1) is 0 Å². The van der Waals surface area contributed by atoms with Gasteiger partial charge in [0.15, 0.2) is 0 Å². The SMILES string of the molecule is C.CC(NCCC(=O)O)(P(=O)(O)O)P(=O)(O)O. The zero-order valence-electron chi connectivity index (χ0n) is 8.27. The fraction of sp³-hybridized carbons (Fsp3) is 0.833. The molecule has 0 amide bonds. The van der Waals surface area contributed by atoms with Crippen LogP contribution in [-0.2, 0) is 13.9 Å². The molecule has 0 aromatic heterocycles. The van der Waals surface area contributed by atoms with Crippen molar-refractivity contribution in [2.24, 2.45) is 0 Å². The molecule has 0 saturated heterocycles. The molecule has 9 nitrogen and oxygen atoms in total. The maximum absolute atomic E-state index is 11.0. The molecule has 0 aromatic carbocycles. The monoisotopic (exact) mass is 293 g/mol. The zero-order valence-corrected chi connectivity index (χ0v) is 10.1. The van der Waals surface area contributed by atoms with Crippen LogP contribution in [0.25, 0.3) is 0 Å². The highest BCUT2D eigenvalue weighted by molar-refractivity contribution is 7.72. The van der Waals surface area contributed by atoms with Gasteiger partial charge >= 0.3 is 21.2 Å². The molecule has 0 atom stereocenters. The van der Waals surface area contributed by atoms with Crippen molar-refractivity contribution >= 4 is 21.2 Å². The summed E-state index contributed by atoms with van der Waals surface area (Å²) in [7, 11) is -10.3. The highest BCUT2D eigenvalue weighted by Gasteiger charge is 2.56. The van der Waals surface area contributed by atoms with Crippen LogP contribution >= 0.6 is 15.2 Å². The lowest BCUT2D eigenvalue weighted by Crippen LogP contribution is -2.42. The first kappa shape index (κ1) is 19.1. The lowest BCUT2D eigenvalue weighted by Gasteiger charge is -2.31. The van der Waals surface area contributed by atoms with Crippen LogP contribution in [0.5, 0.6) is 0 Å². The van der Waals surface area contributed by atoms with E-state index in [1.165, 1.54) is 0 Å². The van der Waals surface area contributed by atoms with Crippen LogP contribution < -0.4 is 5.32 Å². The molecule has 0 aliphatic heterocycles. The van der Waals surface area contributed by atoms with Crippen LogP contribution in [0, 0.1) is 0 Å². The number of carboxylic acid groups (broad SMARTS) is 1. The Labute approximate surface area is 98.2 Å². The van der Waals surface area contributed by atoms with E-state index in [1.54, 1.807) is 0 Å². The minimum Gasteiger partial charge on any atom is -0.481 e. The fourth-order valence-electron chi connectivity index (χ4n) is 0.782. The summed E-state index contributed by atoms with van der Waals surface area (Å²) in [5.74, 6) is -1.26. The van der Waals surface area contributed by atoms with Gasteiger partial charge in [-0.2, -0.15) is 0 Å². The lowest BCUT2D eigenvalue weighted by molar-refractivity contribution is -0.136. The summed E-state index contributed by atoms with van der Waals surface area (Å²) in [6.07, 6.45) is -0.518. The van der Waals surface area contributed by atoms with Gasteiger partial charge in [0, 0.05) is 6.54 Å². The molecule has 11 heteroatoms. The molecule has 104 valence electrons. The number of hydrogen-bond acceptors (Lipinski definition) is 4. The molecule has 0 aliphatic rings. The number of rotatable bonds is 6. The van der Waals surface area contributed by atoms with Crippen molar-refractivity contribution in [2.75, 3.05) is 6.54 Å². The van der Waals surface area contributed by atoms with E-state index in [0.717, 1.165) is 0 Å². The lowest BCUT2D eigenvalue weighted by atomic mass is 10.4. The van der Waals surface area contributed by atoms with Gasteiger partial charge in [-0.3, -0.25) is 19.2 Å². The summed E-state index contributed by atoms with van der Waals surface area (Å²) >= 11 is 0. The van der Waals surface area contributed by atoms with E-state index in [4.69, 9.17) is 24.7 Å². The Kier molecular flexibility index (Phi) is 6.80. The third-order valence-corrected chi connectivity index (χ3v) is 6.08. The third-order valence-electron chi connectivity index (χ3n) is 1.93. The summed E-state index contributed by atoms with van der Waals surface area (Å²) in [5.41, 5.74) is 0. The minimum atomic E-state index is -5.14. The second-order valence-electron chi connectivity index (χ2n) is 3.18. The molecule has 0 aromatic rings.